The lowest BCUT2D eigenvalue weighted by atomic mass is 9.92. The Morgan fingerprint density at radius 1 is 1.25 bits per heavy atom. The molecule has 2 N–H and O–H groups in total. The number of nitrogens with two attached hydrogens (primary N) is 1. The van der Waals surface area contributed by atoms with Crippen LogP contribution in [0.25, 0.3) is 0 Å². The number of rotatable bonds is 8. The van der Waals surface area contributed by atoms with Crippen LogP contribution < -0.4 is 10.5 Å². The zero-order valence-corrected chi connectivity index (χ0v) is 12.8. The molecule has 0 aliphatic rings. The highest BCUT2D eigenvalue weighted by atomic mass is 16.5. The smallest absolute Gasteiger partial charge is 0.242 e. The van der Waals surface area contributed by atoms with Gasteiger partial charge in [0.25, 0.3) is 0 Å². The lowest BCUT2D eigenvalue weighted by molar-refractivity contribution is -0.136. The second kappa shape index (κ2) is 7.90. The minimum absolute atomic E-state index is 0.0159. The van der Waals surface area contributed by atoms with Gasteiger partial charge in [-0.3, -0.25) is 4.79 Å². The SMILES string of the molecule is CCC(N)(CC)C(=O)N(C)CCCOc1ccccc1. The number of nitrogens with zero attached hydrogens (tertiary/aromatic N) is 1. The summed E-state index contributed by atoms with van der Waals surface area (Å²) in [5, 5.41) is 0. The summed E-state index contributed by atoms with van der Waals surface area (Å²) in [6.45, 7) is 5.16. The summed E-state index contributed by atoms with van der Waals surface area (Å²) in [5.41, 5.74) is 5.39. The molecule has 1 aromatic carbocycles. The molecule has 0 saturated heterocycles. The summed E-state index contributed by atoms with van der Waals surface area (Å²) < 4.78 is 5.61. The molecule has 1 rings (SSSR count). The Labute approximate surface area is 121 Å². The van der Waals surface area contributed by atoms with Gasteiger partial charge in [0.1, 0.15) is 5.75 Å². The van der Waals surface area contributed by atoms with E-state index in [1.54, 1.807) is 11.9 Å². The number of amides is 1. The Hall–Kier alpha value is -1.55. The molecule has 1 aromatic rings. The number of hydrogen-bond acceptors (Lipinski definition) is 3. The number of likely N-dealkylation sites (N-methyl/N-ethyl adjacent to an activating group) is 1. The zero-order valence-electron chi connectivity index (χ0n) is 12.8. The Bertz CT molecular complexity index is 402. The highest BCUT2D eigenvalue weighted by Gasteiger charge is 2.32. The van der Waals surface area contributed by atoms with Gasteiger partial charge < -0.3 is 15.4 Å². The van der Waals surface area contributed by atoms with Crippen molar-refractivity contribution in [3.05, 3.63) is 30.3 Å². The van der Waals surface area contributed by atoms with Crippen LogP contribution in [0.4, 0.5) is 0 Å². The van der Waals surface area contributed by atoms with Crippen LogP contribution in [-0.2, 0) is 4.79 Å². The third kappa shape index (κ3) is 4.53. The summed E-state index contributed by atoms with van der Waals surface area (Å²) in [6, 6.07) is 9.68. The standard InChI is InChI=1S/C16H26N2O2/c1-4-16(17,5-2)15(19)18(3)12-9-13-20-14-10-7-6-8-11-14/h6-8,10-11H,4-5,9,12-13,17H2,1-3H3. The molecule has 0 atom stereocenters. The fourth-order valence-corrected chi connectivity index (χ4v) is 2.04. The van der Waals surface area contributed by atoms with E-state index in [0.717, 1.165) is 12.2 Å². The van der Waals surface area contributed by atoms with Gasteiger partial charge in [-0.1, -0.05) is 32.0 Å². The molecular weight excluding hydrogens is 252 g/mol. The molecule has 4 heteroatoms. The molecule has 0 aliphatic heterocycles. The van der Waals surface area contributed by atoms with Crippen molar-refractivity contribution >= 4 is 5.91 Å². The maximum absolute atomic E-state index is 12.3. The number of carbonyl (C=O) groups is 1. The maximum Gasteiger partial charge on any atom is 0.242 e. The topological polar surface area (TPSA) is 55.6 Å². The van der Waals surface area contributed by atoms with Crippen molar-refractivity contribution in [2.75, 3.05) is 20.2 Å². The van der Waals surface area contributed by atoms with Crippen molar-refractivity contribution < 1.29 is 9.53 Å². The first kappa shape index (κ1) is 16.5. The fraction of sp³-hybridized carbons (Fsp3) is 0.562. The molecule has 1 amide bonds. The van der Waals surface area contributed by atoms with E-state index in [2.05, 4.69) is 0 Å². The summed E-state index contributed by atoms with van der Waals surface area (Å²) in [6.07, 6.45) is 2.11. The van der Waals surface area contributed by atoms with Gasteiger partial charge in [0.15, 0.2) is 0 Å². The van der Waals surface area contributed by atoms with E-state index in [1.165, 1.54) is 0 Å². The second-order valence-corrected chi connectivity index (χ2v) is 5.11. The minimum Gasteiger partial charge on any atom is -0.494 e. The first-order valence-corrected chi connectivity index (χ1v) is 7.25. The zero-order chi connectivity index (χ0) is 15.0. The van der Waals surface area contributed by atoms with E-state index in [4.69, 9.17) is 10.5 Å². The van der Waals surface area contributed by atoms with Crippen molar-refractivity contribution in [1.29, 1.82) is 0 Å². The molecule has 112 valence electrons. The third-order valence-corrected chi connectivity index (χ3v) is 3.68. The van der Waals surface area contributed by atoms with Crippen LogP contribution in [-0.4, -0.2) is 36.5 Å². The van der Waals surface area contributed by atoms with Crippen molar-refractivity contribution in [2.45, 2.75) is 38.6 Å². The van der Waals surface area contributed by atoms with Crippen molar-refractivity contribution in [1.82, 2.24) is 4.90 Å². The van der Waals surface area contributed by atoms with Crippen LogP contribution in [0.2, 0.25) is 0 Å². The van der Waals surface area contributed by atoms with Gasteiger partial charge in [-0.05, 0) is 31.4 Å². The minimum atomic E-state index is -0.727. The van der Waals surface area contributed by atoms with Crippen molar-refractivity contribution in [2.24, 2.45) is 5.73 Å². The van der Waals surface area contributed by atoms with E-state index in [0.29, 0.717) is 26.0 Å². The molecule has 0 aromatic heterocycles. The average molecular weight is 278 g/mol. The Morgan fingerprint density at radius 2 is 1.85 bits per heavy atom. The maximum atomic E-state index is 12.3. The van der Waals surface area contributed by atoms with E-state index >= 15 is 0 Å². The molecular formula is C16H26N2O2. The number of hydrogen-bond donors (Lipinski definition) is 1. The predicted molar refractivity (Wildman–Crippen MR) is 81.7 cm³/mol. The van der Waals surface area contributed by atoms with Crippen molar-refractivity contribution in [3.63, 3.8) is 0 Å². The van der Waals surface area contributed by atoms with Crippen LogP contribution in [0, 0.1) is 0 Å². The Balaban J connectivity index is 2.33. The second-order valence-electron chi connectivity index (χ2n) is 5.11. The van der Waals surface area contributed by atoms with Gasteiger partial charge in [-0.25, -0.2) is 0 Å². The first-order chi connectivity index (χ1) is 9.53. The number of para-hydroxylation sites is 1. The van der Waals surface area contributed by atoms with Crippen molar-refractivity contribution in [3.8, 4) is 5.75 Å². The summed E-state index contributed by atoms with van der Waals surface area (Å²) >= 11 is 0. The van der Waals surface area contributed by atoms with Crippen LogP contribution in [0.3, 0.4) is 0 Å². The Morgan fingerprint density at radius 3 is 2.40 bits per heavy atom. The summed E-state index contributed by atoms with van der Waals surface area (Å²) in [4.78, 5) is 14.0. The van der Waals surface area contributed by atoms with Crippen LogP contribution in [0.1, 0.15) is 33.1 Å². The van der Waals surface area contributed by atoms with E-state index in [-0.39, 0.29) is 5.91 Å². The molecule has 4 nitrogen and oxygen atoms in total. The fourth-order valence-electron chi connectivity index (χ4n) is 2.04. The number of benzene rings is 1. The predicted octanol–water partition coefficient (Wildman–Crippen LogP) is 2.43. The quantitative estimate of drug-likeness (QED) is 0.743. The first-order valence-electron chi connectivity index (χ1n) is 7.25. The number of carbonyl (C=O) groups excluding carboxylic acids is 1. The average Bonchev–Trinajstić information content (AvgIpc) is 2.50. The van der Waals surface area contributed by atoms with Gasteiger partial charge in [0.2, 0.25) is 5.91 Å². The molecule has 0 unspecified atom stereocenters. The molecule has 0 aliphatic carbocycles. The molecule has 20 heavy (non-hydrogen) atoms. The lowest BCUT2D eigenvalue weighted by Gasteiger charge is -2.30. The highest BCUT2D eigenvalue weighted by Crippen LogP contribution is 2.15. The summed E-state index contributed by atoms with van der Waals surface area (Å²) in [5.74, 6) is 0.874. The lowest BCUT2D eigenvalue weighted by Crippen LogP contribution is -2.53. The van der Waals surface area contributed by atoms with E-state index < -0.39 is 5.54 Å². The van der Waals surface area contributed by atoms with Crippen LogP contribution >= 0.6 is 0 Å². The Kier molecular flexibility index (Phi) is 6.52. The van der Waals surface area contributed by atoms with Gasteiger partial charge in [0.05, 0.1) is 12.1 Å². The molecule has 0 fully saturated rings. The summed E-state index contributed by atoms with van der Waals surface area (Å²) in [7, 11) is 1.80. The van der Waals surface area contributed by atoms with Gasteiger partial charge in [-0.2, -0.15) is 0 Å². The van der Waals surface area contributed by atoms with Gasteiger partial charge >= 0.3 is 0 Å². The third-order valence-electron chi connectivity index (χ3n) is 3.68. The van der Waals surface area contributed by atoms with Gasteiger partial charge in [0, 0.05) is 13.6 Å². The van der Waals surface area contributed by atoms with Gasteiger partial charge in [-0.15, -0.1) is 0 Å². The largest absolute Gasteiger partial charge is 0.494 e. The molecule has 0 saturated carbocycles. The van der Waals surface area contributed by atoms with Crippen LogP contribution in [0.5, 0.6) is 5.75 Å². The van der Waals surface area contributed by atoms with Crippen LogP contribution in [0.15, 0.2) is 30.3 Å². The molecule has 0 spiro atoms. The molecule has 0 bridgehead atoms. The van der Waals surface area contributed by atoms with E-state index in [1.807, 2.05) is 44.2 Å². The highest BCUT2D eigenvalue weighted by molar-refractivity contribution is 5.85. The normalized spacial score (nSPS) is 11.2. The molecule has 0 radical (unpaired) electrons. The van der Waals surface area contributed by atoms with E-state index in [9.17, 15) is 4.79 Å². The monoisotopic (exact) mass is 278 g/mol. The molecule has 0 heterocycles. The number of ether oxygens (including phenoxy) is 1.